The van der Waals surface area contributed by atoms with Crippen LogP contribution in [0, 0.1) is 5.92 Å². The Morgan fingerprint density at radius 2 is 2.00 bits per heavy atom. The lowest BCUT2D eigenvalue weighted by atomic mass is 9.92. The van der Waals surface area contributed by atoms with Crippen LogP contribution in [0.3, 0.4) is 0 Å². The largest absolute Gasteiger partial charge is 0.387 e. The van der Waals surface area contributed by atoms with Crippen LogP contribution in [0.1, 0.15) is 30.1 Å². The van der Waals surface area contributed by atoms with Gasteiger partial charge in [0, 0.05) is 32.0 Å². The molecule has 1 amide bonds. The van der Waals surface area contributed by atoms with Crippen LogP contribution in [-0.2, 0) is 4.74 Å². The minimum atomic E-state index is -0.0102. The van der Waals surface area contributed by atoms with Gasteiger partial charge in [0.25, 0.3) is 5.91 Å². The fourth-order valence-corrected chi connectivity index (χ4v) is 2.52. The molecule has 1 aliphatic rings. The molecule has 1 atom stereocenters. The molecule has 0 aliphatic carbocycles. The van der Waals surface area contributed by atoms with E-state index in [2.05, 4.69) is 17.6 Å². The molecule has 1 unspecified atom stereocenters. The second-order valence-corrected chi connectivity index (χ2v) is 5.01. The number of hydrogen-bond donors (Lipinski definition) is 2. The second-order valence-electron chi connectivity index (χ2n) is 5.01. The van der Waals surface area contributed by atoms with Gasteiger partial charge in [-0.1, -0.05) is 12.1 Å². The molecule has 0 aromatic heterocycles. The van der Waals surface area contributed by atoms with E-state index in [1.807, 2.05) is 31.3 Å². The van der Waals surface area contributed by atoms with E-state index in [0.717, 1.165) is 31.7 Å². The molecule has 0 saturated carbocycles. The van der Waals surface area contributed by atoms with Gasteiger partial charge in [0.05, 0.1) is 5.56 Å². The minimum absolute atomic E-state index is 0.0102. The highest BCUT2D eigenvalue weighted by Crippen LogP contribution is 2.20. The monoisotopic (exact) mass is 262 g/mol. The molecule has 0 bridgehead atoms. The summed E-state index contributed by atoms with van der Waals surface area (Å²) in [5.74, 6) is 0.503. The molecule has 4 nitrogen and oxygen atoms in total. The van der Waals surface area contributed by atoms with Crippen LogP contribution < -0.4 is 10.6 Å². The third-order valence-corrected chi connectivity index (χ3v) is 3.77. The first-order valence-electron chi connectivity index (χ1n) is 6.87. The van der Waals surface area contributed by atoms with Crippen molar-refractivity contribution in [3.05, 3.63) is 29.8 Å². The van der Waals surface area contributed by atoms with E-state index >= 15 is 0 Å². The van der Waals surface area contributed by atoms with Crippen molar-refractivity contribution in [1.29, 1.82) is 0 Å². The summed E-state index contributed by atoms with van der Waals surface area (Å²) in [5, 5.41) is 6.15. The van der Waals surface area contributed by atoms with Gasteiger partial charge in [0.1, 0.15) is 0 Å². The Morgan fingerprint density at radius 1 is 1.32 bits per heavy atom. The third-order valence-electron chi connectivity index (χ3n) is 3.77. The van der Waals surface area contributed by atoms with Crippen molar-refractivity contribution in [2.24, 2.45) is 5.92 Å². The topological polar surface area (TPSA) is 50.4 Å². The van der Waals surface area contributed by atoms with Crippen molar-refractivity contribution in [2.75, 3.05) is 25.6 Å². The van der Waals surface area contributed by atoms with Crippen molar-refractivity contribution in [1.82, 2.24) is 5.32 Å². The number of rotatable bonds is 4. The number of amides is 1. The van der Waals surface area contributed by atoms with Crippen molar-refractivity contribution < 1.29 is 9.53 Å². The molecule has 1 aromatic rings. The zero-order valence-electron chi connectivity index (χ0n) is 11.6. The zero-order valence-corrected chi connectivity index (χ0v) is 11.6. The molecule has 2 rings (SSSR count). The maximum Gasteiger partial charge on any atom is 0.253 e. The van der Waals surface area contributed by atoms with Gasteiger partial charge in [-0.25, -0.2) is 0 Å². The highest BCUT2D eigenvalue weighted by molar-refractivity contribution is 5.99. The minimum Gasteiger partial charge on any atom is -0.387 e. The van der Waals surface area contributed by atoms with Crippen LogP contribution in [0.2, 0.25) is 0 Å². The molecule has 4 heteroatoms. The lowest BCUT2D eigenvalue weighted by molar-refractivity contribution is 0.0538. The normalized spacial score (nSPS) is 17.8. The van der Waals surface area contributed by atoms with E-state index in [4.69, 9.17) is 4.74 Å². The van der Waals surface area contributed by atoms with E-state index in [9.17, 15) is 4.79 Å². The summed E-state index contributed by atoms with van der Waals surface area (Å²) in [6.07, 6.45) is 2.05. The van der Waals surface area contributed by atoms with Gasteiger partial charge >= 0.3 is 0 Å². The predicted molar refractivity (Wildman–Crippen MR) is 76.5 cm³/mol. The molecular weight excluding hydrogens is 240 g/mol. The van der Waals surface area contributed by atoms with Gasteiger partial charge in [-0.15, -0.1) is 0 Å². The van der Waals surface area contributed by atoms with Crippen LogP contribution in [-0.4, -0.2) is 32.2 Å². The van der Waals surface area contributed by atoms with E-state index < -0.39 is 0 Å². The van der Waals surface area contributed by atoms with Crippen molar-refractivity contribution in [3.63, 3.8) is 0 Å². The average molecular weight is 262 g/mol. The van der Waals surface area contributed by atoms with Crippen LogP contribution >= 0.6 is 0 Å². The Kier molecular flexibility index (Phi) is 4.80. The number of anilines is 1. The van der Waals surface area contributed by atoms with Gasteiger partial charge in [0.2, 0.25) is 0 Å². The Bertz CT molecular complexity index is 428. The van der Waals surface area contributed by atoms with Crippen LogP contribution in [0.15, 0.2) is 24.3 Å². The number of carbonyl (C=O) groups is 1. The molecule has 1 aromatic carbocycles. The molecule has 1 aliphatic heterocycles. The van der Waals surface area contributed by atoms with Crippen molar-refractivity contribution in [3.8, 4) is 0 Å². The first-order chi connectivity index (χ1) is 9.22. The standard InChI is InChI=1S/C15H22N2O2/c1-11(12-7-9-19-10-8-12)17-15(18)13-5-3-4-6-14(13)16-2/h3-6,11-12,16H,7-10H2,1-2H3,(H,17,18). The Morgan fingerprint density at radius 3 is 2.68 bits per heavy atom. The third kappa shape index (κ3) is 3.47. The molecule has 19 heavy (non-hydrogen) atoms. The Hall–Kier alpha value is -1.55. The molecule has 0 radical (unpaired) electrons. The summed E-state index contributed by atoms with van der Waals surface area (Å²) in [6.45, 7) is 3.69. The molecule has 104 valence electrons. The van der Waals surface area contributed by atoms with Gasteiger partial charge in [-0.05, 0) is 37.8 Å². The first kappa shape index (κ1) is 13.9. The number of nitrogens with one attached hydrogen (secondary N) is 2. The van der Waals surface area contributed by atoms with Crippen LogP contribution in [0.5, 0.6) is 0 Å². The number of hydrogen-bond acceptors (Lipinski definition) is 3. The van der Waals surface area contributed by atoms with E-state index in [0.29, 0.717) is 11.5 Å². The molecule has 2 N–H and O–H groups in total. The lowest BCUT2D eigenvalue weighted by Gasteiger charge is -2.28. The summed E-state index contributed by atoms with van der Waals surface area (Å²) in [4.78, 5) is 12.3. The molecule has 1 heterocycles. The average Bonchev–Trinajstić information content (AvgIpc) is 2.48. The molecule has 1 fully saturated rings. The van der Waals surface area contributed by atoms with E-state index in [1.54, 1.807) is 0 Å². The number of para-hydroxylation sites is 1. The maximum atomic E-state index is 12.3. The lowest BCUT2D eigenvalue weighted by Crippen LogP contribution is -2.40. The summed E-state index contributed by atoms with van der Waals surface area (Å²) in [5.41, 5.74) is 1.56. The SMILES string of the molecule is CNc1ccccc1C(=O)NC(C)C1CCOCC1. The summed E-state index contributed by atoms with van der Waals surface area (Å²) >= 11 is 0. The summed E-state index contributed by atoms with van der Waals surface area (Å²) in [7, 11) is 1.83. The Balaban J connectivity index is 1.99. The van der Waals surface area contributed by atoms with Crippen molar-refractivity contribution >= 4 is 11.6 Å². The summed E-state index contributed by atoms with van der Waals surface area (Å²) in [6, 6.07) is 7.74. The van der Waals surface area contributed by atoms with Gasteiger partial charge in [0.15, 0.2) is 0 Å². The smallest absolute Gasteiger partial charge is 0.253 e. The highest BCUT2D eigenvalue weighted by atomic mass is 16.5. The maximum absolute atomic E-state index is 12.3. The first-order valence-corrected chi connectivity index (χ1v) is 6.87. The predicted octanol–water partition coefficient (Wildman–Crippen LogP) is 2.27. The molecule has 1 saturated heterocycles. The zero-order chi connectivity index (χ0) is 13.7. The van der Waals surface area contributed by atoms with E-state index in [1.165, 1.54) is 0 Å². The van der Waals surface area contributed by atoms with Crippen molar-refractivity contribution in [2.45, 2.75) is 25.8 Å². The highest BCUT2D eigenvalue weighted by Gasteiger charge is 2.22. The van der Waals surface area contributed by atoms with E-state index in [-0.39, 0.29) is 11.9 Å². The number of benzene rings is 1. The van der Waals surface area contributed by atoms with Crippen LogP contribution in [0.25, 0.3) is 0 Å². The fraction of sp³-hybridized carbons (Fsp3) is 0.533. The fourth-order valence-electron chi connectivity index (χ4n) is 2.52. The Labute approximate surface area is 114 Å². The number of carbonyl (C=O) groups excluding carboxylic acids is 1. The van der Waals surface area contributed by atoms with Gasteiger partial charge in [-0.3, -0.25) is 4.79 Å². The van der Waals surface area contributed by atoms with Crippen LogP contribution in [0.4, 0.5) is 5.69 Å². The summed E-state index contributed by atoms with van der Waals surface area (Å²) < 4.78 is 5.35. The quantitative estimate of drug-likeness (QED) is 0.875. The molecular formula is C15H22N2O2. The second kappa shape index (κ2) is 6.57. The number of ether oxygens (including phenoxy) is 1. The molecule has 0 spiro atoms. The van der Waals surface area contributed by atoms with Gasteiger partial charge < -0.3 is 15.4 Å². The van der Waals surface area contributed by atoms with Gasteiger partial charge in [-0.2, -0.15) is 0 Å².